The van der Waals surface area contributed by atoms with Crippen molar-refractivity contribution in [3.05, 3.63) is 42.6 Å². The van der Waals surface area contributed by atoms with Crippen molar-refractivity contribution in [2.24, 2.45) is 5.73 Å². The minimum atomic E-state index is -0.452. The van der Waals surface area contributed by atoms with Gasteiger partial charge >= 0.3 is 0 Å². The van der Waals surface area contributed by atoms with Crippen LogP contribution in [0.5, 0.6) is 5.75 Å². The number of ether oxygens (including phenoxy) is 1. The van der Waals surface area contributed by atoms with Crippen molar-refractivity contribution >= 4 is 23.1 Å². The maximum atomic E-state index is 11.7. The highest BCUT2D eigenvalue weighted by atomic mass is 16.5. The summed E-state index contributed by atoms with van der Waals surface area (Å²) in [4.78, 5) is 20.1. The maximum Gasteiger partial charge on any atom is 0.243 e. The number of primary amides is 1. The summed E-state index contributed by atoms with van der Waals surface area (Å²) in [5.41, 5.74) is 7.40. The minimum Gasteiger partial charge on any atom is -0.489 e. The predicted octanol–water partition coefficient (Wildman–Crippen LogP) is 1.24. The summed E-state index contributed by atoms with van der Waals surface area (Å²) in [6.07, 6.45) is 1.75. The van der Waals surface area contributed by atoms with Crippen molar-refractivity contribution in [2.45, 2.75) is 6.04 Å². The van der Waals surface area contributed by atoms with Crippen LogP contribution in [0.25, 0.3) is 0 Å². The van der Waals surface area contributed by atoms with E-state index in [-0.39, 0.29) is 12.5 Å². The standard InChI is InChI=1S/C15H14N4O2/c16-15(20)11-8-21-12-5-3-4-10-14(12)19(11)9-18(10)13-6-1-2-7-17-13/h1-7,11H,8-9H2,(H2,16,20). The molecule has 2 aliphatic heterocycles. The summed E-state index contributed by atoms with van der Waals surface area (Å²) in [6.45, 7) is 0.822. The summed E-state index contributed by atoms with van der Waals surface area (Å²) in [5, 5.41) is 0. The fourth-order valence-electron chi connectivity index (χ4n) is 2.89. The highest BCUT2D eigenvalue weighted by Crippen LogP contribution is 2.48. The van der Waals surface area contributed by atoms with Gasteiger partial charge in [-0.2, -0.15) is 0 Å². The first-order chi connectivity index (χ1) is 10.3. The van der Waals surface area contributed by atoms with Gasteiger partial charge in [-0.15, -0.1) is 0 Å². The number of anilines is 3. The van der Waals surface area contributed by atoms with Crippen LogP contribution >= 0.6 is 0 Å². The molecule has 1 unspecified atom stereocenters. The zero-order valence-corrected chi connectivity index (χ0v) is 11.3. The van der Waals surface area contributed by atoms with Crippen LogP contribution in [0, 0.1) is 0 Å². The largest absolute Gasteiger partial charge is 0.489 e. The summed E-state index contributed by atoms with van der Waals surface area (Å²) >= 11 is 0. The van der Waals surface area contributed by atoms with Crippen LogP contribution in [0.1, 0.15) is 0 Å². The third kappa shape index (κ3) is 1.72. The average Bonchev–Trinajstić information content (AvgIpc) is 2.90. The number of nitrogens with zero attached hydrogens (tertiary/aromatic N) is 3. The highest BCUT2D eigenvalue weighted by molar-refractivity contribution is 5.93. The Morgan fingerprint density at radius 2 is 2.19 bits per heavy atom. The van der Waals surface area contributed by atoms with Crippen LogP contribution in [0.15, 0.2) is 42.6 Å². The van der Waals surface area contributed by atoms with Crippen LogP contribution in [0.2, 0.25) is 0 Å². The van der Waals surface area contributed by atoms with Gasteiger partial charge in [-0.3, -0.25) is 4.79 Å². The quantitative estimate of drug-likeness (QED) is 0.897. The van der Waals surface area contributed by atoms with Gasteiger partial charge in [0.1, 0.15) is 29.9 Å². The van der Waals surface area contributed by atoms with Crippen molar-refractivity contribution in [2.75, 3.05) is 23.1 Å². The lowest BCUT2D eigenvalue weighted by molar-refractivity contribution is -0.120. The molecule has 2 aromatic rings. The number of benzene rings is 1. The molecule has 1 aromatic carbocycles. The third-order valence-electron chi connectivity index (χ3n) is 3.88. The molecule has 1 amide bonds. The molecule has 4 rings (SSSR count). The number of carbonyl (C=O) groups excluding carboxylic acids is 1. The monoisotopic (exact) mass is 282 g/mol. The molecule has 6 nitrogen and oxygen atoms in total. The van der Waals surface area contributed by atoms with E-state index in [0.717, 1.165) is 22.9 Å². The predicted molar refractivity (Wildman–Crippen MR) is 78.6 cm³/mol. The van der Waals surface area contributed by atoms with E-state index in [1.54, 1.807) is 6.20 Å². The lowest BCUT2D eigenvalue weighted by Crippen LogP contribution is -2.51. The first-order valence-electron chi connectivity index (χ1n) is 6.76. The van der Waals surface area contributed by atoms with E-state index in [1.165, 1.54) is 0 Å². The number of hydrogen-bond acceptors (Lipinski definition) is 5. The summed E-state index contributed by atoms with van der Waals surface area (Å²) in [7, 11) is 0. The molecule has 0 saturated heterocycles. The summed E-state index contributed by atoms with van der Waals surface area (Å²) in [6, 6.07) is 11.2. The molecule has 6 heteroatoms. The fraction of sp³-hybridized carbons (Fsp3) is 0.200. The molecule has 2 aliphatic rings. The van der Waals surface area contributed by atoms with Crippen LogP contribution in [-0.4, -0.2) is 30.2 Å². The Kier molecular flexibility index (Phi) is 2.50. The highest BCUT2D eigenvalue weighted by Gasteiger charge is 2.40. The van der Waals surface area contributed by atoms with Crippen molar-refractivity contribution in [1.29, 1.82) is 0 Å². The molecule has 1 atom stereocenters. The van der Waals surface area contributed by atoms with E-state index in [1.807, 2.05) is 41.3 Å². The van der Waals surface area contributed by atoms with E-state index < -0.39 is 6.04 Å². The number of aromatic nitrogens is 1. The second-order valence-corrected chi connectivity index (χ2v) is 5.08. The van der Waals surface area contributed by atoms with Gasteiger partial charge in [0.25, 0.3) is 0 Å². The fourth-order valence-corrected chi connectivity index (χ4v) is 2.89. The van der Waals surface area contributed by atoms with E-state index in [0.29, 0.717) is 6.67 Å². The lowest BCUT2D eigenvalue weighted by atomic mass is 10.1. The number of amides is 1. The molecule has 0 fully saturated rings. The number of pyridine rings is 1. The van der Waals surface area contributed by atoms with Gasteiger partial charge in [0.05, 0.1) is 12.4 Å². The second kappa shape index (κ2) is 4.37. The zero-order chi connectivity index (χ0) is 14.4. The first kappa shape index (κ1) is 12.0. The molecule has 2 N–H and O–H groups in total. The molecule has 1 aromatic heterocycles. The van der Waals surface area contributed by atoms with Gasteiger partial charge in [0, 0.05) is 6.20 Å². The Labute approximate surface area is 121 Å². The number of para-hydroxylation sites is 1. The Balaban J connectivity index is 1.84. The molecule has 0 aliphatic carbocycles. The summed E-state index contributed by atoms with van der Waals surface area (Å²) < 4.78 is 5.68. The topological polar surface area (TPSA) is 71.7 Å². The third-order valence-corrected chi connectivity index (χ3v) is 3.88. The van der Waals surface area contributed by atoms with Gasteiger partial charge in [-0.25, -0.2) is 4.98 Å². The molecular weight excluding hydrogens is 268 g/mol. The normalized spacial score (nSPS) is 19.1. The molecule has 3 heterocycles. The number of rotatable bonds is 2. The van der Waals surface area contributed by atoms with E-state index >= 15 is 0 Å². The Hall–Kier alpha value is -2.76. The smallest absolute Gasteiger partial charge is 0.243 e. The summed E-state index contributed by atoms with van der Waals surface area (Å²) in [5.74, 6) is 1.24. The maximum absolute atomic E-state index is 11.7. The van der Waals surface area contributed by atoms with Crippen LogP contribution < -0.4 is 20.3 Å². The molecule has 0 saturated carbocycles. The van der Waals surface area contributed by atoms with Crippen molar-refractivity contribution in [3.63, 3.8) is 0 Å². The SMILES string of the molecule is NC(=O)C1COc2cccc3c2N1CN3c1ccccn1. The number of hydrogen-bond donors (Lipinski definition) is 1. The number of nitrogens with two attached hydrogens (primary N) is 1. The van der Waals surface area contributed by atoms with Gasteiger partial charge in [-0.1, -0.05) is 12.1 Å². The van der Waals surface area contributed by atoms with E-state index in [2.05, 4.69) is 9.88 Å². The molecule has 106 valence electrons. The average molecular weight is 282 g/mol. The molecule has 0 spiro atoms. The number of carbonyl (C=O) groups is 1. The molecule has 0 bridgehead atoms. The molecular formula is C15H14N4O2. The molecule has 21 heavy (non-hydrogen) atoms. The van der Waals surface area contributed by atoms with E-state index in [4.69, 9.17) is 10.5 Å². The van der Waals surface area contributed by atoms with Crippen molar-refractivity contribution in [3.8, 4) is 5.75 Å². The zero-order valence-electron chi connectivity index (χ0n) is 11.3. The van der Waals surface area contributed by atoms with Crippen molar-refractivity contribution < 1.29 is 9.53 Å². The lowest BCUT2D eigenvalue weighted by Gasteiger charge is -2.32. The molecule has 0 radical (unpaired) electrons. The van der Waals surface area contributed by atoms with Crippen LogP contribution in [0.3, 0.4) is 0 Å². The van der Waals surface area contributed by atoms with Gasteiger partial charge in [0.15, 0.2) is 0 Å². The van der Waals surface area contributed by atoms with Crippen LogP contribution in [-0.2, 0) is 4.79 Å². The van der Waals surface area contributed by atoms with Crippen LogP contribution in [0.4, 0.5) is 17.2 Å². The Bertz CT molecular complexity index is 704. The Morgan fingerprint density at radius 1 is 1.29 bits per heavy atom. The van der Waals surface area contributed by atoms with Gasteiger partial charge in [-0.05, 0) is 24.3 Å². The minimum absolute atomic E-state index is 0.280. The second-order valence-electron chi connectivity index (χ2n) is 5.08. The van der Waals surface area contributed by atoms with Crippen molar-refractivity contribution in [1.82, 2.24) is 4.98 Å². The first-order valence-corrected chi connectivity index (χ1v) is 6.76. The van der Waals surface area contributed by atoms with Gasteiger partial charge in [0.2, 0.25) is 5.91 Å². The van der Waals surface area contributed by atoms with Gasteiger partial charge < -0.3 is 20.3 Å². The Morgan fingerprint density at radius 3 is 2.95 bits per heavy atom. The van der Waals surface area contributed by atoms with E-state index in [9.17, 15) is 4.79 Å².